The van der Waals surface area contributed by atoms with Gasteiger partial charge in [-0.05, 0) is 43.8 Å². The number of fused-ring (bicyclic) bond motifs is 1. The highest BCUT2D eigenvalue weighted by molar-refractivity contribution is 5.87. The SMILES string of the molecule is CCOc1ccc2ccccc2c1CCNC. The topological polar surface area (TPSA) is 21.3 Å². The maximum absolute atomic E-state index is 5.71. The Labute approximate surface area is 103 Å². The summed E-state index contributed by atoms with van der Waals surface area (Å²) in [6.45, 7) is 3.70. The van der Waals surface area contributed by atoms with Gasteiger partial charge in [0.05, 0.1) is 6.61 Å². The highest BCUT2D eigenvalue weighted by atomic mass is 16.5. The summed E-state index contributed by atoms with van der Waals surface area (Å²) in [6, 6.07) is 12.7. The first kappa shape index (κ1) is 11.9. The molecule has 0 aliphatic rings. The highest BCUT2D eigenvalue weighted by Gasteiger charge is 2.07. The smallest absolute Gasteiger partial charge is 0.123 e. The molecule has 2 nitrogen and oxygen atoms in total. The Morgan fingerprint density at radius 2 is 1.94 bits per heavy atom. The molecular weight excluding hydrogens is 210 g/mol. The molecule has 0 saturated heterocycles. The maximum Gasteiger partial charge on any atom is 0.123 e. The summed E-state index contributed by atoms with van der Waals surface area (Å²) in [5.74, 6) is 1.02. The van der Waals surface area contributed by atoms with Crippen LogP contribution in [0.5, 0.6) is 5.75 Å². The average molecular weight is 229 g/mol. The van der Waals surface area contributed by atoms with Crippen molar-refractivity contribution in [2.45, 2.75) is 13.3 Å². The van der Waals surface area contributed by atoms with E-state index in [9.17, 15) is 0 Å². The van der Waals surface area contributed by atoms with E-state index in [0.29, 0.717) is 6.61 Å². The lowest BCUT2D eigenvalue weighted by Crippen LogP contribution is -2.11. The van der Waals surface area contributed by atoms with Gasteiger partial charge in [0.1, 0.15) is 5.75 Å². The van der Waals surface area contributed by atoms with Crippen LogP contribution in [0.1, 0.15) is 12.5 Å². The standard InChI is InChI=1S/C15H19NO/c1-3-17-15-9-8-12-6-4-5-7-13(12)14(15)10-11-16-2/h4-9,16H,3,10-11H2,1-2H3. The summed E-state index contributed by atoms with van der Waals surface area (Å²) in [5, 5.41) is 5.77. The van der Waals surface area contributed by atoms with Gasteiger partial charge in [-0.25, -0.2) is 0 Å². The zero-order valence-electron chi connectivity index (χ0n) is 10.5. The number of benzene rings is 2. The summed E-state index contributed by atoms with van der Waals surface area (Å²) in [7, 11) is 1.98. The molecule has 0 atom stereocenters. The van der Waals surface area contributed by atoms with Crippen molar-refractivity contribution in [1.82, 2.24) is 5.32 Å². The van der Waals surface area contributed by atoms with E-state index in [2.05, 4.69) is 41.7 Å². The molecule has 0 saturated carbocycles. The number of nitrogens with one attached hydrogen (secondary N) is 1. The summed E-state index contributed by atoms with van der Waals surface area (Å²) < 4.78 is 5.71. The molecule has 0 amide bonds. The van der Waals surface area contributed by atoms with Gasteiger partial charge in [-0.15, -0.1) is 0 Å². The summed E-state index contributed by atoms with van der Waals surface area (Å²) in [4.78, 5) is 0. The van der Waals surface area contributed by atoms with Gasteiger partial charge in [-0.1, -0.05) is 30.3 Å². The number of ether oxygens (including phenoxy) is 1. The normalized spacial score (nSPS) is 10.7. The Bertz CT molecular complexity index is 493. The van der Waals surface area contributed by atoms with Gasteiger partial charge >= 0.3 is 0 Å². The largest absolute Gasteiger partial charge is 0.494 e. The van der Waals surface area contributed by atoms with Crippen LogP contribution in [0, 0.1) is 0 Å². The second kappa shape index (κ2) is 5.69. The van der Waals surface area contributed by atoms with E-state index in [0.717, 1.165) is 18.7 Å². The zero-order valence-corrected chi connectivity index (χ0v) is 10.5. The fourth-order valence-corrected chi connectivity index (χ4v) is 2.11. The Kier molecular flexibility index (Phi) is 3.99. The van der Waals surface area contributed by atoms with Crippen LogP contribution in [-0.4, -0.2) is 20.2 Å². The van der Waals surface area contributed by atoms with Gasteiger partial charge in [0.25, 0.3) is 0 Å². The van der Waals surface area contributed by atoms with E-state index in [4.69, 9.17) is 4.74 Å². The summed E-state index contributed by atoms with van der Waals surface area (Å²) in [5.41, 5.74) is 1.30. The van der Waals surface area contributed by atoms with Crippen LogP contribution in [0.15, 0.2) is 36.4 Å². The first-order valence-electron chi connectivity index (χ1n) is 6.15. The van der Waals surface area contributed by atoms with Gasteiger partial charge in [-0.3, -0.25) is 0 Å². The molecule has 2 rings (SSSR count). The predicted octanol–water partition coefficient (Wildman–Crippen LogP) is 3.00. The van der Waals surface area contributed by atoms with Crippen molar-refractivity contribution >= 4 is 10.8 Å². The zero-order chi connectivity index (χ0) is 12.1. The van der Waals surface area contributed by atoms with Crippen LogP contribution in [0.3, 0.4) is 0 Å². The molecule has 1 N–H and O–H groups in total. The van der Waals surface area contributed by atoms with E-state index >= 15 is 0 Å². The van der Waals surface area contributed by atoms with Crippen LogP contribution in [-0.2, 0) is 6.42 Å². The van der Waals surface area contributed by atoms with Crippen molar-refractivity contribution in [2.24, 2.45) is 0 Å². The fraction of sp³-hybridized carbons (Fsp3) is 0.333. The third kappa shape index (κ3) is 2.59. The number of rotatable bonds is 5. The molecular formula is C15H19NO. The minimum atomic E-state index is 0.713. The second-order valence-electron chi connectivity index (χ2n) is 4.05. The Morgan fingerprint density at radius 1 is 1.12 bits per heavy atom. The highest BCUT2D eigenvalue weighted by Crippen LogP contribution is 2.28. The van der Waals surface area contributed by atoms with E-state index in [1.807, 2.05) is 14.0 Å². The Morgan fingerprint density at radius 3 is 2.71 bits per heavy atom. The van der Waals surface area contributed by atoms with Crippen molar-refractivity contribution in [1.29, 1.82) is 0 Å². The van der Waals surface area contributed by atoms with Gasteiger partial charge < -0.3 is 10.1 Å². The minimum Gasteiger partial charge on any atom is -0.494 e. The van der Waals surface area contributed by atoms with Crippen molar-refractivity contribution < 1.29 is 4.74 Å². The maximum atomic E-state index is 5.71. The molecule has 0 aliphatic carbocycles. The Balaban J connectivity index is 2.49. The minimum absolute atomic E-state index is 0.713. The summed E-state index contributed by atoms with van der Waals surface area (Å²) in [6.07, 6.45) is 0.993. The lowest BCUT2D eigenvalue weighted by Gasteiger charge is -2.13. The molecule has 2 aromatic carbocycles. The van der Waals surface area contributed by atoms with Crippen LogP contribution >= 0.6 is 0 Å². The molecule has 2 aromatic rings. The van der Waals surface area contributed by atoms with Crippen molar-refractivity contribution in [3.8, 4) is 5.75 Å². The summed E-state index contributed by atoms with van der Waals surface area (Å²) >= 11 is 0. The molecule has 0 radical (unpaired) electrons. The lowest BCUT2D eigenvalue weighted by molar-refractivity contribution is 0.337. The van der Waals surface area contributed by atoms with E-state index in [1.165, 1.54) is 16.3 Å². The second-order valence-corrected chi connectivity index (χ2v) is 4.05. The van der Waals surface area contributed by atoms with E-state index in [1.54, 1.807) is 0 Å². The third-order valence-corrected chi connectivity index (χ3v) is 2.92. The van der Waals surface area contributed by atoms with Crippen LogP contribution < -0.4 is 10.1 Å². The predicted molar refractivity (Wildman–Crippen MR) is 72.7 cm³/mol. The van der Waals surface area contributed by atoms with Crippen LogP contribution in [0.4, 0.5) is 0 Å². The molecule has 0 bridgehead atoms. The quantitative estimate of drug-likeness (QED) is 0.851. The molecule has 0 aromatic heterocycles. The van der Waals surface area contributed by atoms with Crippen LogP contribution in [0.25, 0.3) is 10.8 Å². The van der Waals surface area contributed by atoms with E-state index < -0.39 is 0 Å². The monoisotopic (exact) mass is 229 g/mol. The number of likely N-dealkylation sites (N-methyl/N-ethyl adjacent to an activating group) is 1. The molecule has 0 fully saturated rings. The van der Waals surface area contributed by atoms with E-state index in [-0.39, 0.29) is 0 Å². The van der Waals surface area contributed by atoms with Gasteiger partial charge in [0, 0.05) is 5.56 Å². The molecule has 90 valence electrons. The van der Waals surface area contributed by atoms with Crippen molar-refractivity contribution in [3.05, 3.63) is 42.0 Å². The first-order chi connectivity index (χ1) is 8.36. The van der Waals surface area contributed by atoms with Crippen LogP contribution in [0.2, 0.25) is 0 Å². The lowest BCUT2D eigenvalue weighted by atomic mass is 10.0. The van der Waals surface area contributed by atoms with Gasteiger partial charge in [-0.2, -0.15) is 0 Å². The van der Waals surface area contributed by atoms with Crippen molar-refractivity contribution in [3.63, 3.8) is 0 Å². The molecule has 0 spiro atoms. The Hall–Kier alpha value is -1.54. The molecule has 0 unspecified atom stereocenters. The molecule has 17 heavy (non-hydrogen) atoms. The number of hydrogen-bond donors (Lipinski definition) is 1. The third-order valence-electron chi connectivity index (χ3n) is 2.92. The van der Waals surface area contributed by atoms with Crippen molar-refractivity contribution in [2.75, 3.05) is 20.2 Å². The molecule has 0 heterocycles. The fourth-order valence-electron chi connectivity index (χ4n) is 2.11. The molecule has 0 aliphatic heterocycles. The number of hydrogen-bond acceptors (Lipinski definition) is 2. The van der Waals surface area contributed by atoms with Gasteiger partial charge in [0.2, 0.25) is 0 Å². The first-order valence-corrected chi connectivity index (χ1v) is 6.15. The molecule has 2 heteroatoms. The average Bonchev–Trinajstić information content (AvgIpc) is 2.37. The van der Waals surface area contributed by atoms with Gasteiger partial charge in [0.15, 0.2) is 0 Å².